The molecule has 0 saturated heterocycles. The zero-order valence-corrected chi connectivity index (χ0v) is 15.5. The Labute approximate surface area is 160 Å². The van der Waals surface area contributed by atoms with Gasteiger partial charge in [0.15, 0.2) is 0 Å². The first kappa shape index (κ1) is 18.2. The molecule has 0 saturated carbocycles. The van der Waals surface area contributed by atoms with Crippen LogP contribution in [0.3, 0.4) is 0 Å². The largest absolute Gasteiger partial charge is 0.478 e. The molecule has 2 aromatic carbocycles. The van der Waals surface area contributed by atoms with Gasteiger partial charge in [-0.2, -0.15) is 0 Å². The summed E-state index contributed by atoms with van der Waals surface area (Å²) in [7, 11) is 0. The number of carboxylic acids is 1. The van der Waals surface area contributed by atoms with Crippen LogP contribution < -0.4 is 5.32 Å². The van der Waals surface area contributed by atoms with E-state index in [9.17, 15) is 14.7 Å². The molecule has 4 nitrogen and oxygen atoms in total. The molecule has 0 aliphatic carbocycles. The van der Waals surface area contributed by atoms with Gasteiger partial charge in [-0.3, -0.25) is 4.79 Å². The van der Waals surface area contributed by atoms with E-state index < -0.39 is 11.9 Å². The molecule has 1 atom stereocenters. The lowest BCUT2D eigenvalue weighted by molar-refractivity contribution is -0.117. The summed E-state index contributed by atoms with van der Waals surface area (Å²) in [4.78, 5) is 24.9. The van der Waals surface area contributed by atoms with Crippen molar-refractivity contribution >= 4 is 40.5 Å². The van der Waals surface area contributed by atoms with E-state index in [2.05, 4.69) is 5.32 Å². The average Bonchev–Trinajstić information content (AvgIpc) is 3.06. The van der Waals surface area contributed by atoms with Gasteiger partial charge in [0, 0.05) is 10.4 Å². The maximum atomic E-state index is 12.6. The van der Waals surface area contributed by atoms with Crippen molar-refractivity contribution in [2.45, 2.75) is 12.8 Å². The molecule has 1 heterocycles. The number of halogens is 1. The number of hydrogen-bond acceptors (Lipinski definition) is 3. The van der Waals surface area contributed by atoms with Gasteiger partial charge in [0.2, 0.25) is 5.91 Å². The van der Waals surface area contributed by atoms with Gasteiger partial charge in [0.05, 0.1) is 16.5 Å². The van der Waals surface area contributed by atoms with Gasteiger partial charge >= 0.3 is 5.97 Å². The summed E-state index contributed by atoms with van der Waals surface area (Å²) >= 11 is 7.17. The van der Waals surface area contributed by atoms with Crippen molar-refractivity contribution in [1.29, 1.82) is 0 Å². The Hall–Kier alpha value is -2.63. The minimum Gasteiger partial charge on any atom is -0.478 e. The molecule has 3 aromatic rings. The maximum Gasteiger partial charge on any atom is 0.339 e. The first-order chi connectivity index (χ1) is 12.5. The van der Waals surface area contributed by atoms with E-state index in [1.165, 1.54) is 11.3 Å². The number of anilines is 1. The Morgan fingerprint density at radius 3 is 2.35 bits per heavy atom. The summed E-state index contributed by atoms with van der Waals surface area (Å²) in [5.41, 5.74) is 2.01. The minimum atomic E-state index is -1.08. The van der Waals surface area contributed by atoms with Crippen LogP contribution in [-0.2, 0) is 4.79 Å². The van der Waals surface area contributed by atoms with Crippen molar-refractivity contribution in [2.75, 3.05) is 5.32 Å². The normalized spacial score (nSPS) is 11.8. The number of rotatable bonds is 5. The summed E-state index contributed by atoms with van der Waals surface area (Å²) in [5, 5.41) is 14.6. The third-order valence-corrected chi connectivity index (χ3v) is 5.34. The van der Waals surface area contributed by atoms with E-state index in [1.807, 2.05) is 30.3 Å². The fraction of sp³-hybridized carbons (Fsp3) is 0.100. The van der Waals surface area contributed by atoms with Crippen LogP contribution in [0.5, 0.6) is 0 Å². The number of amides is 1. The van der Waals surface area contributed by atoms with Gasteiger partial charge in [0.1, 0.15) is 5.56 Å². The van der Waals surface area contributed by atoms with Gasteiger partial charge in [0.25, 0.3) is 0 Å². The zero-order chi connectivity index (χ0) is 18.7. The van der Waals surface area contributed by atoms with Gasteiger partial charge in [-0.15, -0.1) is 11.3 Å². The molecule has 1 amide bonds. The summed E-state index contributed by atoms with van der Waals surface area (Å²) in [6, 6.07) is 16.3. The highest BCUT2D eigenvalue weighted by Crippen LogP contribution is 2.37. The molecule has 6 heteroatoms. The van der Waals surface area contributed by atoms with Crippen LogP contribution >= 0.6 is 22.9 Å². The highest BCUT2D eigenvalue weighted by atomic mass is 35.5. The van der Waals surface area contributed by atoms with Gasteiger partial charge in [-0.05, 0) is 30.2 Å². The highest BCUT2D eigenvalue weighted by molar-refractivity contribution is 7.14. The second-order valence-corrected chi connectivity index (χ2v) is 7.10. The number of benzene rings is 2. The first-order valence-corrected chi connectivity index (χ1v) is 9.19. The van der Waals surface area contributed by atoms with E-state index in [4.69, 9.17) is 11.6 Å². The summed E-state index contributed by atoms with van der Waals surface area (Å²) in [6.45, 7) is 1.79. The SMILES string of the molecule is CC(C(=O)Nc1csc(-c2ccc(Cl)cc2)c1C(=O)O)c1ccccc1. The predicted molar refractivity (Wildman–Crippen MR) is 105 cm³/mol. The van der Waals surface area contributed by atoms with Crippen molar-refractivity contribution in [3.05, 3.63) is 76.1 Å². The van der Waals surface area contributed by atoms with Gasteiger partial charge < -0.3 is 10.4 Å². The van der Waals surface area contributed by atoms with Crippen molar-refractivity contribution in [3.8, 4) is 10.4 Å². The number of hydrogen-bond donors (Lipinski definition) is 2. The predicted octanol–water partition coefficient (Wildman–Crippen LogP) is 5.51. The van der Waals surface area contributed by atoms with Crippen molar-refractivity contribution in [1.82, 2.24) is 0 Å². The second kappa shape index (κ2) is 7.72. The van der Waals surface area contributed by atoms with Crippen LogP contribution in [0.15, 0.2) is 60.0 Å². The Kier molecular flexibility index (Phi) is 5.40. The van der Waals surface area contributed by atoms with E-state index in [1.54, 1.807) is 36.6 Å². The molecular weight excluding hydrogens is 370 g/mol. The molecule has 0 aliphatic heterocycles. The van der Waals surface area contributed by atoms with E-state index in [0.29, 0.717) is 15.6 Å². The molecule has 132 valence electrons. The van der Waals surface area contributed by atoms with E-state index >= 15 is 0 Å². The molecule has 0 spiro atoms. The smallest absolute Gasteiger partial charge is 0.339 e. The van der Waals surface area contributed by atoms with E-state index in [0.717, 1.165) is 11.1 Å². The van der Waals surface area contributed by atoms with E-state index in [-0.39, 0.29) is 11.5 Å². The van der Waals surface area contributed by atoms with Crippen LogP contribution in [0.25, 0.3) is 10.4 Å². The molecule has 0 fully saturated rings. The Balaban J connectivity index is 1.90. The highest BCUT2D eigenvalue weighted by Gasteiger charge is 2.23. The number of carboxylic acid groups (broad SMARTS) is 1. The lowest BCUT2D eigenvalue weighted by atomic mass is 10.0. The molecular formula is C20H16ClNO3S. The molecule has 0 radical (unpaired) electrons. The topological polar surface area (TPSA) is 66.4 Å². The van der Waals surface area contributed by atoms with Crippen LogP contribution in [0.1, 0.15) is 28.8 Å². The number of nitrogens with one attached hydrogen (secondary N) is 1. The van der Waals surface area contributed by atoms with Crippen LogP contribution in [0.4, 0.5) is 5.69 Å². The van der Waals surface area contributed by atoms with Gasteiger partial charge in [-0.1, -0.05) is 54.1 Å². The molecule has 0 aliphatic rings. The van der Waals surface area contributed by atoms with Crippen molar-refractivity contribution in [3.63, 3.8) is 0 Å². The number of thiophene rings is 1. The summed E-state index contributed by atoms with van der Waals surface area (Å²) in [6.07, 6.45) is 0. The maximum absolute atomic E-state index is 12.6. The molecule has 0 bridgehead atoms. The minimum absolute atomic E-state index is 0.0888. The monoisotopic (exact) mass is 385 g/mol. The zero-order valence-electron chi connectivity index (χ0n) is 13.9. The lowest BCUT2D eigenvalue weighted by Gasteiger charge is -2.12. The molecule has 3 rings (SSSR count). The number of carbonyl (C=O) groups excluding carboxylic acids is 1. The summed E-state index contributed by atoms with van der Waals surface area (Å²) in [5.74, 6) is -1.73. The average molecular weight is 386 g/mol. The Bertz CT molecular complexity index is 935. The van der Waals surface area contributed by atoms with Gasteiger partial charge in [-0.25, -0.2) is 4.79 Å². The fourth-order valence-electron chi connectivity index (χ4n) is 2.61. The number of aromatic carboxylic acids is 1. The summed E-state index contributed by atoms with van der Waals surface area (Å²) < 4.78 is 0. The molecule has 26 heavy (non-hydrogen) atoms. The van der Waals surface area contributed by atoms with Crippen LogP contribution in [0.2, 0.25) is 5.02 Å². The second-order valence-electron chi connectivity index (χ2n) is 5.79. The fourth-order valence-corrected chi connectivity index (χ4v) is 3.74. The number of carbonyl (C=O) groups is 2. The Morgan fingerprint density at radius 2 is 1.73 bits per heavy atom. The Morgan fingerprint density at radius 1 is 1.08 bits per heavy atom. The van der Waals surface area contributed by atoms with Crippen LogP contribution in [-0.4, -0.2) is 17.0 Å². The van der Waals surface area contributed by atoms with Crippen molar-refractivity contribution < 1.29 is 14.7 Å². The third-order valence-electron chi connectivity index (χ3n) is 4.06. The third kappa shape index (κ3) is 3.79. The molecule has 2 N–H and O–H groups in total. The van der Waals surface area contributed by atoms with Crippen LogP contribution in [0, 0.1) is 0 Å². The van der Waals surface area contributed by atoms with Crippen molar-refractivity contribution in [2.24, 2.45) is 0 Å². The molecule has 1 aromatic heterocycles. The standard InChI is InChI=1S/C20H16ClNO3S/c1-12(13-5-3-2-4-6-13)19(23)22-16-11-26-18(17(16)20(24)25)14-7-9-15(21)10-8-14/h2-12H,1H3,(H,22,23)(H,24,25). The molecule has 1 unspecified atom stereocenters. The first-order valence-electron chi connectivity index (χ1n) is 7.94. The lowest BCUT2D eigenvalue weighted by Crippen LogP contribution is -2.19. The quantitative estimate of drug-likeness (QED) is 0.608.